The molecular weight excluding hydrogens is 285 g/mol. The fraction of sp³-hybridized carbons (Fsp3) is 0.462. The molecule has 0 atom stereocenters. The first-order valence-corrected chi connectivity index (χ1v) is 6.41. The van der Waals surface area contributed by atoms with Gasteiger partial charge in [-0.1, -0.05) is 15.9 Å². The standard InChI is InChI=1S/C13H17BrFNO/c1-8(2)16(9(3)4)13(17)11-6-5-10(14)7-12(11)15/h5-9H,1-4H3. The van der Waals surface area contributed by atoms with Gasteiger partial charge in [-0.25, -0.2) is 4.39 Å². The van der Waals surface area contributed by atoms with Gasteiger partial charge in [0.2, 0.25) is 0 Å². The molecule has 0 spiro atoms. The van der Waals surface area contributed by atoms with Crippen LogP contribution in [0.4, 0.5) is 4.39 Å². The number of carbonyl (C=O) groups excluding carboxylic acids is 1. The summed E-state index contributed by atoms with van der Waals surface area (Å²) in [6.07, 6.45) is 0. The predicted molar refractivity (Wildman–Crippen MR) is 70.5 cm³/mol. The maximum Gasteiger partial charge on any atom is 0.257 e. The van der Waals surface area contributed by atoms with E-state index < -0.39 is 5.82 Å². The third-order valence-electron chi connectivity index (χ3n) is 2.51. The predicted octanol–water partition coefficient (Wildman–Crippen LogP) is 3.85. The fourth-order valence-corrected chi connectivity index (χ4v) is 2.20. The van der Waals surface area contributed by atoms with Gasteiger partial charge < -0.3 is 4.90 Å². The largest absolute Gasteiger partial charge is 0.334 e. The molecule has 1 rings (SSSR count). The number of amides is 1. The first-order valence-electron chi connectivity index (χ1n) is 5.62. The highest BCUT2D eigenvalue weighted by atomic mass is 79.9. The quantitative estimate of drug-likeness (QED) is 0.830. The molecule has 0 radical (unpaired) electrons. The van der Waals surface area contributed by atoms with Crippen molar-refractivity contribution in [2.24, 2.45) is 0 Å². The minimum Gasteiger partial charge on any atom is -0.334 e. The van der Waals surface area contributed by atoms with E-state index in [2.05, 4.69) is 15.9 Å². The Morgan fingerprint density at radius 3 is 2.18 bits per heavy atom. The molecule has 0 bridgehead atoms. The van der Waals surface area contributed by atoms with Gasteiger partial charge in [0.25, 0.3) is 5.91 Å². The minimum absolute atomic E-state index is 0.0468. The van der Waals surface area contributed by atoms with Crippen LogP contribution in [0.15, 0.2) is 22.7 Å². The van der Waals surface area contributed by atoms with Gasteiger partial charge in [-0.05, 0) is 45.9 Å². The lowest BCUT2D eigenvalue weighted by Crippen LogP contribution is -2.42. The lowest BCUT2D eigenvalue weighted by Gasteiger charge is -2.31. The Hall–Kier alpha value is -0.900. The summed E-state index contributed by atoms with van der Waals surface area (Å²) in [6.45, 7) is 7.70. The van der Waals surface area contributed by atoms with Gasteiger partial charge in [-0.3, -0.25) is 4.79 Å². The summed E-state index contributed by atoms with van der Waals surface area (Å²) >= 11 is 3.18. The molecule has 0 heterocycles. The van der Waals surface area contributed by atoms with Gasteiger partial charge in [0.1, 0.15) is 5.82 Å². The van der Waals surface area contributed by atoms with Crippen molar-refractivity contribution in [3.8, 4) is 0 Å². The molecule has 0 saturated heterocycles. The topological polar surface area (TPSA) is 20.3 Å². The Kier molecular flexibility index (Phi) is 4.69. The molecule has 0 aromatic heterocycles. The van der Waals surface area contributed by atoms with E-state index >= 15 is 0 Å². The van der Waals surface area contributed by atoms with Crippen molar-refractivity contribution in [1.82, 2.24) is 4.90 Å². The first-order chi connectivity index (χ1) is 7.84. The average Bonchev–Trinajstić information content (AvgIpc) is 2.15. The van der Waals surface area contributed by atoms with E-state index in [1.165, 1.54) is 12.1 Å². The minimum atomic E-state index is -0.490. The summed E-state index contributed by atoms with van der Waals surface area (Å²) in [4.78, 5) is 13.9. The van der Waals surface area contributed by atoms with Crippen LogP contribution in [0.1, 0.15) is 38.1 Å². The van der Waals surface area contributed by atoms with Crippen LogP contribution in [0.25, 0.3) is 0 Å². The van der Waals surface area contributed by atoms with Crippen LogP contribution in [0, 0.1) is 5.82 Å². The van der Waals surface area contributed by atoms with E-state index in [9.17, 15) is 9.18 Å². The van der Waals surface area contributed by atoms with Crippen molar-refractivity contribution in [2.45, 2.75) is 39.8 Å². The van der Waals surface area contributed by atoms with Gasteiger partial charge in [0.15, 0.2) is 0 Å². The SMILES string of the molecule is CC(C)N(C(=O)c1ccc(Br)cc1F)C(C)C. The van der Waals surface area contributed by atoms with E-state index in [0.717, 1.165) is 0 Å². The zero-order chi connectivity index (χ0) is 13.2. The Balaban J connectivity index is 3.10. The van der Waals surface area contributed by atoms with Gasteiger partial charge >= 0.3 is 0 Å². The Bertz CT molecular complexity index is 410. The molecule has 0 aliphatic rings. The normalized spacial score (nSPS) is 11.1. The number of hydrogen-bond donors (Lipinski definition) is 0. The molecule has 94 valence electrons. The summed E-state index contributed by atoms with van der Waals surface area (Å²) in [5, 5.41) is 0. The van der Waals surface area contributed by atoms with Crippen molar-refractivity contribution in [2.75, 3.05) is 0 Å². The summed E-state index contributed by atoms with van der Waals surface area (Å²) in [7, 11) is 0. The summed E-state index contributed by atoms with van der Waals surface area (Å²) in [5.41, 5.74) is 0.121. The maximum absolute atomic E-state index is 13.7. The van der Waals surface area contributed by atoms with E-state index in [-0.39, 0.29) is 23.6 Å². The second-order valence-corrected chi connectivity index (χ2v) is 5.44. The van der Waals surface area contributed by atoms with Crippen LogP contribution in [0.2, 0.25) is 0 Å². The molecule has 1 aromatic carbocycles. The summed E-state index contributed by atoms with van der Waals surface area (Å²) in [6, 6.07) is 4.59. The zero-order valence-electron chi connectivity index (χ0n) is 10.5. The maximum atomic E-state index is 13.7. The van der Waals surface area contributed by atoms with E-state index in [4.69, 9.17) is 0 Å². The Morgan fingerprint density at radius 2 is 1.76 bits per heavy atom. The monoisotopic (exact) mass is 301 g/mol. The van der Waals surface area contributed by atoms with Crippen molar-refractivity contribution >= 4 is 21.8 Å². The molecule has 0 aliphatic heterocycles. The lowest BCUT2D eigenvalue weighted by atomic mass is 10.1. The van der Waals surface area contributed by atoms with Crippen molar-refractivity contribution < 1.29 is 9.18 Å². The highest BCUT2D eigenvalue weighted by Gasteiger charge is 2.23. The fourth-order valence-electron chi connectivity index (χ4n) is 1.87. The van der Waals surface area contributed by atoms with E-state index in [0.29, 0.717) is 4.47 Å². The zero-order valence-corrected chi connectivity index (χ0v) is 12.1. The molecule has 17 heavy (non-hydrogen) atoms. The summed E-state index contributed by atoms with van der Waals surface area (Å²) < 4.78 is 14.3. The molecule has 0 unspecified atom stereocenters. The number of carbonyl (C=O) groups is 1. The first kappa shape index (κ1) is 14.2. The van der Waals surface area contributed by atoms with Gasteiger partial charge in [-0.2, -0.15) is 0 Å². The van der Waals surface area contributed by atoms with Crippen LogP contribution in [-0.2, 0) is 0 Å². The number of benzene rings is 1. The van der Waals surface area contributed by atoms with Gasteiger partial charge in [-0.15, -0.1) is 0 Å². The van der Waals surface area contributed by atoms with Crippen LogP contribution >= 0.6 is 15.9 Å². The average molecular weight is 302 g/mol. The molecule has 0 saturated carbocycles. The number of nitrogens with zero attached hydrogens (tertiary/aromatic N) is 1. The highest BCUT2D eigenvalue weighted by molar-refractivity contribution is 9.10. The van der Waals surface area contributed by atoms with Crippen LogP contribution in [-0.4, -0.2) is 22.9 Å². The smallest absolute Gasteiger partial charge is 0.257 e. The molecule has 1 amide bonds. The van der Waals surface area contributed by atoms with Crippen LogP contribution in [0.5, 0.6) is 0 Å². The molecule has 1 aromatic rings. The second-order valence-electron chi connectivity index (χ2n) is 4.52. The molecule has 4 heteroatoms. The van der Waals surface area contributed by atoms with Crippen molar-refractivity contribution in [1.29, 1.82) is 0 Å². The van der Waals surface area contributed by atoms with Crippen molar-refractivity contribution in [3.63, 3.8) is 0 Å². The molecule has 2 nitrogen and oxygen atoms in total. The van der Waals surface area contributed by atoms with Crippen molar-refractivity contribution in [3.05, 3.63) is 34.1 Å². The molecule has 0 aliphatic carbocycles. The number of halogens is 2. The third kappa shape index (κ3) is 3.28. The number of hydrogen-bond acceptors (Lipinski definition) is 1. The van der Waals surface area contributed by atoms with Gasteiger partial charge in [0, 0.05) is 16.6 Å². The van der Waals surface area contributed by atoms with Crippen LogP contribution < -0.4 is 0 Å². The van der Waals surface area contributed by atoms with E-state index in [1.807, 2.05) is 27.7 Å². The molecular formula is C13H17BrFNO. The Labute approximate surface area is 110 Å². The molecule has 0 fully saturated rings. The molecule has 0 N–H and O–H groups in total. The number of rotatable bonds is 3. The summed E-state index contributed by atoms with van der Waals surface area (Å²) in [5.74, 6) is -0.754. The van der Waals surface area contributed by atoms with E-state index in [1.54, 1.807) is 11.0 Å². The Morgan fingerprint density at radius 1 is 1.24 bits per heavy atom. The van der Waals surface area contributed by atoms with Gasteiger partial charge in [0.05, 0.1) is 5.56 Å². The lowest BCUT2D eigenvalue weighted by molar-refractivity contribution is 0.0639. The second kappa shape index (κ2) is 5.63. The highest BCUT2D eigenvalue weighted by Crippen LogP contribution is 2.19. The van der Waals surface area contributed by atoms with Crippen LogP contribution in [0.3, 0.4) is 0 Å². The third-order valence-corrected chi connectivity index (χ3v) is 3.00.